The fourth-order valence-electron chi connectivity index (χ4n) is 2.69. The second-order valence-electron chi connectivity index (χ2n) is 5.45. The van der Waals surface area contributed by atoms with Gasteiger partial charge in [0.1, 0.15) is 0 Å². The van der Waals surface area contributed by atoms with Crippen molar-refractivity contribution >= 4 is 5.91 Å². The first-order valence-corrected chi connectivity index (χ1v) is 7.42. The number of carbonyl (C=O) groups is 1. The van der Waals surface area contributed by atoms with Crippen molar-refractivity contribution in [1.82, 2.24) is 5.32 Å². The molecule has 1 heterocycles. The van der Waals surface area contributed by atoms with Gasteiger partial charge in [0.25, 0.3) is 0 Å². The quantitative estimate of drug-likeness (QED) is 0.837. The summed E-state index contributed by atoms with van der Waals surface area (Å²) in [4.78, 5) is 11.2. The third kappa shape index (κ3) is 4.32. The van der Waals surface area contributed by atoms with Gasteiger partial charge in [-0.3, -0.25) is 4.79 Å². The van der Waals surface area contributed by atoms with Crippen LogP contribution in [0.1, 0.15) is 48.5 Å². The molecule has 1 saturated heterocycles. The zero-order valence-electron chi connectivity index (χ0n) is 12.1. The van der Waals surface area contributed by atoms with Crippen molar-refractivity contribution in [2.24, 2.45) is 5.73 Å². The molecule has 0 bridgehead atoms. The van der Waals surface area contributed by atoms with Crippen molar-refractivity contribution in [2.75, 3.05) is 6.61 Å². The maximum Gasteiger partial charge on any atom is 0.248 e. The molecule has 3 N–H and O–H groups in total. The molecule has 2 rings (SSSR count). The lowest BCUT2D eigenvalue weighted by Gasteiger charge is -2.30. The van der Waals surface area contributed by atoms with Crippen LogP contribution in [0.4, 0.5) is 0 Å². The molecule has 20 heavy (non-hydrogen) atoms. The number of nitrogens with one attached hydrogen (secondary N) is 1. The van der Waals surface area contributed by atoms with Gasteiger partial charge >= 0.3 is 0 Å². The number of hydrogen-bond acceptors (Lipinski definition) is 3. The van der Waals surface area contributed by atoms with E-state index in [1.165, 1.54) is 0 Å². The van der Waals surface area contributed by atoms with E-state index in [9.17, 15) is 4.79 Å². The smallest absolute Gasteiger partial charge is 0.248 e. The number of hydrogen-bond donors (Lipinski definition) is 2. The monoisotopic (exact) mass is 276 g/mol. The predicted molar refractivity (Wildman–Crippen MR) is 79.5 cm³/mol. The Kier molecular flexibility index (Phi) is 5.56. The summed E-state index contributed by atoms with van der Waals surface area (Å²) in [6.07, 6.45) is 4.81. The third-order valence-electron chi connectivity index (χ3n) is 3.78. The van der Waals surface area contributed by atoms with Crippen molar-refractivity contribution in [3.63, 3.8) is 0 Å². The molecular formula is C16H24N2O2. The molecule has 110 valence electrons. The minimum absolute atomic E-state index is 0.374. The Hall–Kier alpha value is -1.39. The van der Waals surface area contributed by atoms with E-state index < -0.39 is 0 Å². The first kappa shape index (κ1) is 15.0. The highest BCUT2D eigenvalue weighted by Gasteiger charge is 2.21. The lowest BCUT2D eigenvalue weighted by molar-refractivity contribution is -0.00342. The Balaban J connectivity index is 1.85. The molecule has 1 aromatic carbocycles. The van der Waals surface area contributed by atoms with Gasteiger partial charge in [0.2, 0.25) is 5.91 Å². The molecule has 0 spiro atoms. The van der Waals surface area contributed by atoms with Crippen molar-refractivity contribution in [3.8, 4) is 0 Å². The van der Waals surface area contributed by atoms with Gasteiger partial charge in [0.05, 0.1) is 6.10 Å². The number of amides is 1. The summed E-state index contributed by atoms with van der Waals surface area (Å²) in [7, 11) is 0. The van der Waals surface area contributed by atoms with E-state index in [2.05, 4.69) is 12.2 Å². The molecule has 1 fully saturated rings. The largest absolute Gasteiger partial charge is 0.378 e. The molecule has 2 atom stereocenters. The lowest BCUT2D eigenvalue weighted by Crippen LogP contribution is -2.38. The molecule has 0 saturated carbocycles. The van der Waals surface area contributed by atoms with Crippen LogP contribution in [0.3, 0.4) is 0 Å². The molecule has 4 heteroatoms. The number of carbonyl (C=O) groups excluding carboxylic acids is 1. The molecule has 0 radical (unpaired) electrons. The van der Waals surface area contributed by atoms with Gasteiger partial charge in [0, 0.05) is 24.8 Å². The van der Waals surface area contributed by atoms with Crippen molar-refractivity contribution in [3.05, 3.63) is 35.4 Å². The summed E-state index contributed by atoms with van der Waals surface area (Å²) in [5, 5.41) is 3.56. The lowest BCUT2D eigenvalue weighted by atomic mass is 9.99. The van der Waals surface area contributed by atoms with E-state index in [1.54, 1.807) is 6.07 Å². The minimum atomic E-state index is -0.374. The van der Waals surface area contributed by atoms with Crippen LogP contribution in [0.15, 0.2) is 24.3 Å². The average Bonchev–Trinajstić information content (AvgIpc) is 2.46. The number of nitrogens with two attached hydrogens (primary N) is 1. The molecular weight excluding hydrogens is 252 g/mol. The van der Waals surface area contributed by atoms with Gasteiger partial charge < -0.3 is 15.8 Å². The fraction of sp³-hybridized carbons (Fsp3) is 0.562. The zero-order chi connectivity index (χ0) is 14.4. The number of primary amides is 1. The van der Waals surface area contributed by atoms with Gasteiger partial charge in [-0.1, -0.05) is 25.5 Å². The molecule has 0 aliphatic carbocycles. The Morgan fingerprint density at radius 3 is 3.10 bits per heavy atom. The van der Waals surface area contributed by atoms with Crippen LogP contribution in [0, 0.1) is 0 Å². The Morgan fingerprint density at radius 2 is 2.35 bits per heavy atom. The summed E-state index contributed by atoms with van der Waals surface area (Å²) in [6.45, 7) is 3.80. The second-order valence-corrected chi connectivity index (χ2v) is 5.45. The molecule has 2 unspecified atom stereocenters. The second kappa shape index (κ2) is 7.41. The van der Waals surface area contributed by atoms with Crippen LogP contribution in [0.2, 0.25) is 0 Å². The van der Waals surface area contributed by atoms with Gasteiger partial charge in [-0.2, -0.15) is 0 Å². The zero-order valence-corrected chi connectivity index (χ0v) is 12.1. The first-order valence-electron chi connectivity index (χ1n) is 7.42. The molecule has 1 aliphatic rings. The average molecular weight is 276 g/mol. The van der Waals surface area contributed by atoms with Gasteiger partial charge in [-0.05, 0) is 37.0 Å². The normalized spacial score (nSPS) is 22.6. The summed E-state index contributed by atoms with van der Waals surface area (Å²) >= 11 is 0. The van der Waals surface area contributed by atoms with Crippen LogP contribution < -0.4 is 11.1 Å². The summed E-state index contributed by atoms with van der Waals surface area (Å²) in [5.41, 5.74) is 6.96. The summed E-state index contributed by atoms with van der Waals surface area (Å²) in [5.74, 6) is -0.374. The highest BCUT2D eigenvalue weighted by atomic mass is 16.5. The maximum absolute atomic E-state index is 11.2. The van der Waals surface area contributed by atoms with Gasteiger partial charge in [-0.25, -0.2) is 0 Å². The predicted octanol–water partition coefficient (Wildman–Crippen LogP) is 2.22. The SMILES string of the molecule is CCCC1CC(NCc2cccc(C(N)=O)c2)CCO1. The molecule has 4 nitrogen and oxygen atoms in total. The molecule has 0 aromatic heterocycles. The van der Waals surface area contributed by atoms with E-state index in [-0.39, 0.29) is 5.91 Å². The number of rotatable bonds is 6. The number of ether oxygens (including phenoxy) is 1. The minimum Gasteiger partial charge on any atom is -0.378 e. The van der Waals surface area contributed by atoms with Crippen LogP contribution >= 0.6 is 0 Å². The van der Waals surface area contributed by atoms with E-state index in [0.29, 0.717) is 17.7 Å². The van der Waals surface area contributed by atoms with Gasteiger partial charge in [0.15, 0.2) is 0 Å². The topological polar surface area (TPSA) is 64.3 Å². The highest BCUT2D eigenvalue weighted by molar-refractivity contribution is 5.92. The maximum atomic E-state index is 11.2. The molecule has 1 aromatic rings. The standard InChI is InChI=1S/C16H24N2O2/c1-2-4-15-10-14(7-8-20-15)18-11-12-5-3-6-13(9-12)16(17)19/h3,5-6,9,14-15,18H,2,4,7-8,10-11H2,1H3,(H2,17,19). The van der Waals surface area contributed by atoms with Gasteiger partial charge in [-0.15, -0.1) is 0 Å². The van der Waals surface area contributed by atoms with Crippen molar-refractivity contribution in [1.29, 1.82) is 0 Å². The van der Waals surface area contributed by atoms with Crippen LogP contribution in [0.5, 0.6) is 0 Å². The Bertz CT molecular complexity index is 446. The van der Waals surface area contributed by atoms with E-state index in [0.717, 1.165) is 44.4 Å². The first-order chi connectivity index (χ1) is 9.69. The molecule has 1 aliphatic heterocycles. The Morgan fingerprint density at radius 1 is 1.50 bits per heavy atom. The molecule has 1 amide bonds. The number of benzene rings is 1. The highest BCUT2D eigenvalue weighted by Crippen LogP contribution is 2.18. The third-order valence-corrected chi connectivity index (χ3v) is 3.78. The van der Waals surface area contributed by atoms with Crippen LogP contribution in [-0.2, 0) is 11.3 Å². The van der Waals surface area contributed by atoms with Crippen molar-refractivity contribution in [2.45, 2.75) is 51.3 Å². The van der Waals surface area contributed by atoms with E-state index >= 15 is 0 Å². The van der Waals surface area contributed by atoms with Crippen LogP contribution in [0.25, 0.3) is 0 Å². The van der Waals surface area contributed by atoms with Crippen LogP contribution in [-0.4, -0.2) is 24.7 Å². The van der Waals surface area contributed by atoms with Crippen molar-refractivity contribution < 1.29 is 9.53 Å². The summed E-state index contributed by atoms with van der Waals surface area (Å²) in [6, 6.07) is 8.00. The fourth-order valence-corrected chi connectivity index (χ4v) is 2.69. The summed E-state index contributed by atoms with van der Waals surface area (Å²) < 4.78 is 5.75. The Labute approximate surface area is 120 Å². The van der Waals surface area contributed by atoms with E-state index in [4.69, 9.17) is 10.5 Å². The van der Waals surface area contributed by atoms with E-state index in [1.807, 2.05) is 18.2 Å².